The Bertz CT molecular complexity index is 1270. The van der Waals surface area contributed by atoms with Gasteiger partial charge in [0.1, 0.15) is 28.9 Å². The second-order valence-electron chi connectivity index (χ2n) is 10.1. The van der Waals surface area contributed by atoms with Crippen molar-refractivity contribution in [3.63, 3.8) is 0 Å². The molecule has 0 saturated carbocycles. The molecule has 1 atom stereocenters. The van der Waals surface area contributed by atoms with Crippen LogP contribution in [-0.2, 0) is 19.3 Å². The summed E-state index contributed by atoms with van der Waals surface area (Å²) >= 11 is 0. The Morgan fingerprint density at radius 2 is 1.31 bits per heavy atom. The molecule has 1 aliphatic heterocycles. The lowest BCUT2D eigenvalue weighted by atomic mass is 9.87. The van der Waals surface area contributed by atoms with Crippen molar-refractivity contribution >= 4 is 5.78 Å². The summed E-state index contributed by atoms with van der Waals surface area (Å²) in [5, 5.41) is 42.9. The number of rotatable bonds is 7. The maximum Gasteiger partial charge on any atom is 0.174 e. The topological polar surface area (TPSA) is 107 Å². The average molecular weight is 493 g/mol. The second kappa shape index (κ2) is 10.9. The second-order valence-corrected chi connectivity index (χ2v) is 10.1. The molecule has 3 rings (SSSR count). The number of hydrogen-bond donors (Lipinski definition) is 4. The van der Waals surface area contributed by atoms with Gasteiger partial charge in [-0.15, -0.1) is 0 Å². The minimum atomic E-state index is -0.759. The quantitative estimate of drug-likeness (QED) is 0.252. The van der Waals surface area contributed by atoms with Gasteiger partial charge in [0, 0.05) is 22.3 Å². The number of carbonyl (C=O) groups is 1. The first-order valence-electron chi connectivity index (χ1n) is 12.2. The van der Waals surface area contributed by atoms with Crippen molar-refractivity contribution in [3.8, 4) is 28.7 Å². The van der Waals surface area contributed by atoms with Gasteiger partial charge in [-0.25, -0.2) is 0 Å². The number of Topliss-reactive ketones (excluding diaryl/α,β-unsaturated/α-hetero) is 1. The molecule has 1 unspecified atom stereocenters. The van der Waals surface area contributed by atoms with Gasteiger partial charge >= 0.3 is 0 Å². The summed E-state index contributed by atoms with van der Waals surface area (Å²) in [6, 6.07) is 3.02. The van der Waals surface area contributed by atoms with E-state index in [1.807, 2.05) is 59.8 Å². The van der Waals surface area contributed by atoms with Crippen molar-refractivity contribution in [2.24, 2.45) is 0 Å². The Morgan fingerprint density at radius 3 is 1.86 bits per heavy atom. The van der Waals surface area contributed by atoms with Crippen molar-refractivity contribution in [1.82, 2.24) is 0 Å². The largest absolute Gasteiger partial charge is 0.507 e. The lowest BCUT2D eigenvalue weighted by molar-refractivity contribution is 0.0840. The molecular weight excluding hydrogens is 456 g/mol. The van der Waals surface area contributed by atoms with Gasteiger partial charge in [0.15, 0.2) is 17.3 Å². The number of fused-ring (bicyclic) bond motifs is 1. The van der Waals surface area contributed by atoms with E-state index < -0.39 is 6.10 Å². The van der Waals surface area contributed by atoms with Crippen molar-refractivity contribution in [1.29, 1.82) is 0 Å². The van der Waals surface area contributed by atoms with Crippen LogP contribution in [0.2, 0.25) is 0 Å². The molecule has 0 saturated heterocycles. The number of ether oxygens (including phenoxy) is 1. The lowest BCUT2D eigenvalue weighted by Crippen LogP contribution is -2.23. The zero-order valence-corrected chi connectivity index (χ0v) is 21.9. The molecule has 0 aromatic heterocycles. The summed E-state index contributed by atoms with van der Waals surface area (Å²) in [5.41, 5.74) is 4.95. The third-order valence-corrected chi connectivity index (χ3v) is 6.29. The number of aromatic hydroxyl groups is 4. The van der Waals surface area contributed by atoms with Gasteiger partial charge in [-0.2, -0.15) is 0 Å². The van der Waals surface area contributed by atoms with Crippen molar-refractivity contribution in [2.75, 3.05) is 0 Å². The van der Waals surface area contributed by atoms with E-state index in [9.17, 15) is 25.2 Å². The van der Waals surface area contributed by atoms with Crippen LogP contribution in [-0.4, -0.2) is 26.2 Å². The van der Waals surface area contributed by atoms with Crippen LogP contribution in [0.25, 0.3) is 0 Å². The maximum absolute atomic E-state index is 13.4. The summed E-state index contributed by atoms with van der Waals surface area (Å²) in [7, 11) is 0. The third-order valence-electron chi connectivity index (χ3n) is 6.29. The predicted molar refractivity (Wildman–Crippen MR) is 141 cm³/mol. The van der Waals surface area contributed by atoms with Crippen LogP contribution in [0.3, 0.4) is 0 Å². The standard InChI is InChI=1S/C30H36O6/c1-16(2)7-10-20-19(13-14-23(31)28(20)34)25-15-24(32)26-29(35)21(11-8-17(3)4)27(33)22(30(26)36-25)12-9-18(5)6/h7-9,13-14,25,31,33-35H,10-12,15H2,1-6H3. The normalized spacial score (nSPS) is 14.5. The minimum absolute atomic E-state index is 0.0540. The van der Waals surface area contributed by atoms with E-state index in [4.69, 9.17) is 4.74 Å². The molecule has 0 bridgehead atoms. The highest BCUT2D eigenvalue weighted by Crippen LogP contribution is 2.49. The molecule has 6 nitrogen and oxygen atoms in total. The molecule has 1 heterocycles. The average Bonchev–Trinajstić information content (AvgIpc) is 2.78. The predicted octanol–water partition coefficient (Wildman–Crippen LogP) is 6.74. The Hall–Kier alpha value is -3.67. The lowest BCUT2D eigenvalue weighted by Gasteiger charge is -2.30. The molecule has 2 aromatic rings. The Balaban J connectivity index is 2.20. The van der Waals surface area contributed by atoms with E-state index in [0.717, 1.165) is 16.7 Å². The zero-order valence-electron chi connectivity index (χ0n) is 21.9. The van der Waals surface area contributed by atoms with Crippen molar-refractivity contribution in [2.45, 2.75) is 73.3 Å². The summed E-state index contributed by atoms with van der Waals surface area (Å²) in [6.07, 6.45) is 5.88. The molecule has 36 heavy (non-hydrogen) atoms. The van der Waals surface area contributed by atoms with Gasteiger partial charge in [-0.3, -0.25) is 4.79 Å². The van der Waals surface area contributed by atoms with E-state index in [1.165, 1.54) is 6.07 Å². The number of benzene rings is 2. The molecule has 0 fully saturated rings. The smallest absolute Gasteiger partial charge is 0.174 e. The van der Waals surface area contributed by atoms with Crippen LogP contribution in [0, 0.1) is 0 Å². The maximum atomic E-state index is 13.4. The van der Waals surface area contributed by atoms with Gasteiger partial charge in [0.25, 0.3) is 0 Å². The Kier molecular flexibility index (Phi) is 8.18. The van der Waals surface area contributed by atoms with Crippen LogP contribution < -0.4 is 4.74 Å². The van der Waals surface area contributed by atoms with E-state index >= 15 is 0 Å². The van der Waals surface area contributed by atoms with Gasteiger partial charge in [-0.1, -0.05) is 41.0 Å². The van der Waals surface area contributed by atoms with Crippen LogP contribution in [0.15, 0.2) is 47.1 Å². The van der Waals surface area contributed by atoms with E-state index in [0.29, 0.717) is 35.1 Å². The van der Waals surface area contributed by atoms with Gasteiger partial charge in [0.05, 0.1) is 6.42 Å². The number of phenols is 4. The Morgan fingerprint density at radius 1 is 0.778 bits per heavy atom. The molecule has 0 radical (unpaired) electrons. The SMILES string of the molecule is CC(C)=CCc1c(C2CC(=O)c3c(O)c(CC=C(C)C)c(O)c(CC=C(C)C)c3O2)ccc(O)c1O. The number of hydrogen-bond acceptors (Lipinski definition) is 6. The van der Waals surface area contributed by atoms with E-state index in [1.54, 1.807) is 6.07 Å². The van der Waals surface area contributed by atoms with E-state index in [2.05, 4.69) is 0 Å². The van der Waals surface area contributed by atoms with Crippen LogP contribution in [0.1, 0.15) is 86.7 Å². The minimum Gasteiger partial charge on any atom is -0.507 e. The third kappa shape index (κ3) is 5.59. The monoisotopic (exact) mass is 492 g/mol. The Labute approximate surface area is 212 Å². The van der Waals surface area contributed by atoms with Gasteiger partial charge in [0.2, 0.25) is 0 Å². The molecular formula is C30H36O6. The van der Waals surface area contributed by atoms with Gasteiger partial charge in [-0.05, 0) is 66.9 Å². The summed E-state index contributed by atoms with van der Waals surface area (Å²) in [5.74, 6) is -1.00. The molecule has 6 heteroatoms. The van der Waals surface area contributed by atoms with Crippen LogP contribution in [0.5, 0.6) is 28.7 Å². The number of allylic oxidation sites excluding steroid dienone is 6. The van der Waals surface area contributed by atoms with Crippen molar-refractivity contribution in [3.05, 3.63) is 74.9 Å². The molecule has 2 aromatic carbocycles. The van der Waals surface area contributed by atoms with Gasteiger partial charge < -0.3 is 25.2 Å². The number of carbonyl (C=O) groups excluding carboxylic acids is 1. The first kappa shape index (κ1) is 26.9. The van der Waals surface area contributed by atoms with Crippen LogP contribution in [0.4, 0.5) is 0 Å². The van der Waals surface area contributed by atoms with Crippen molar-refractivity contribution < 1.29 is 30.0 Å². The molecule has 192 valence electrons. The number of ketones is 1. The molecule has 1 aliphatic rings. The highest BCUT2D eigenvalue weighted by atomic mass is 16.5. The molecule has 0 amide bonds. The molecule has 0 aliphatic carbocycles. The summed E-state index contributed by atoms with van der Waals surface area (Å²) < 4.78 is 6.34. The molecule has 4 N–H and O–H groups in total. The molecule has 0 spiro atoms. The fourth-order valence-corrected chi connectivity index (χ4v) is 4.28. The number of phenolic OH excluding ortho intramolecular Hbond substituents is 4. The van der Waals surface area contributed by atoms with E-state index in [-0.39, 0.29) is 52.9 Å². The first-order valence-corrected chi connectivity index (χ1v) is 12.2. The van der Waals surface area contributed by atoms with Crippen LogP contribution >= 0.6 is 0 Å². The highest BCUT2D eigenvalue weighted by molar-refractivity contribution is 6.04. The highest BCUT2D eigenvalue weighted by Gasteiger charge is 2.36. The fraction of sp³-hybridized carbons (Fsp3) is 0.367. The fourth-order valence-electron chi connectivity index (χ4n) is 4.28. The summed E-state index contributed by atoms with van der Waals surface area (Å²) in [4.78, 5) is 13.4. The summed E-state index contributed by atoms with van der Waals surface area (Å²) in [6.45, 7) is 11.6. The zero-order chi connectivity index (χ0) is 26.7. The first-order chi connectivity index (χ1) is 16.9.